The van der Waals surface area contributed by atoms with Gasteiger partial charge in [0.2, 0.25) is 5.90 Å². The molecule has 1 aliphatic heterocycles. The number of aryl methyl sites for hydroxylation is 1. The van der Waals surface area contributed by atoms with Crippen LogP contribution in [0.5, 0.6) is 5.75 Å². The largest absolute Gasteiger partial charge is 0.421 e. The summed E-state index contributed by atoms with van der Waals surface area (Å²) < 4.78 is 12.3. The molecule has 4 rings (SSSR count). The number of halogens is 2. The molecule has 0 atom stereocenters. The van der Waals surface area contributed by atoms with Crippen LogP contribution in [0.1, 0.15) is 27.0 Å². The number of hydrogen-bond donors (Lipinski definition) is 0. The second-order valence-electron chi connectivity index (χ2n) is 6.77. The number of ether oxygens (including phenoxy) is 2. The molecule has 7 heteroatoms. The molecule has 0 bridgehead atoms. The topological polar surface area (TPSA) is 65.0 Å². The molecule has 0 spiro atoms. The van der Waals surface area contributed by atoms with E-state index in [1.165, 1.54) is 6.08 Å². The number of aliphatic imine (C=N–C) groups is 1. The molecule has 154 valence electrons. The number of carbonyl (C=O) groups excluding carboxylic acids is 2. The van der Waals surface area contributed by atoms with E-state index in [4.69, 9.17) is 9.47 Å². The molecule has 0 saturated heterocycles. The van der Waals surface area contributed by atoms with Crippen molar-refractivity contribution in [1.82, 2.24) is 0 Å². The summed E-state index contributed by atoms with van der Waals surface area (Å²) in [6, 6.07) is 19.8. The van der Waals surface area contributed by atoms with E-state index in [0.717, 1.165) is 10.0 Å². The first-order chi connectivity index (χ1) is 14.9. The van der Waals surface area contributed by atoms with E-state index in [-0.39, 0.29) is 17.3 Å². The van der Waals surface area contributed by atoms with Crippen LogP contribution in [0.3, 0.4) is 0 Å². The normalized spacial score (nSPS) is 14.4. The first-order valence-electron chi connectivity index (χ1n) is 9.26. The summed E-state index contributed by atoms with van der Waals surface area (Å²) in [5.74, 6) is -0.581. The molecule has 0 amide bonds. The Labute approximate surface area is 195 Å². The van der Waals surface area contributed by atoms with Gasteiger partial charge in [-0.3, -0.25) is 0 Å². The molecule has 5 nitrogen and oxygen atoms in total. The zero-order chi connectivity index (χ0) is 22.0. The molecule has 0 unspecified atom stereocenters. The first kappa shape index (κ1) is 21.2. The molecule has 3 aromatic carbocycles. The van der Waals surface area contributed by atoms with E-state index in [1.54, 1.807) is 42.5 Å². The predicted octanol–water partition coefficient (Wildman–Crippen LogP) is 6.08. The third kappa shape index (κ3) is 4.84. The summed E-state index contributed by atoms with van der Waals surface area (Å²) in [5, 5.41) is 0. The van der Waals surface area contributed by atoms with Crippen LogP contribution in [0.2, 0.25) is 0 Å². The second-order valence-corrected chi connectivity index (χ2v) is 8.54. The number of esters is 2. The van der Waals surface area contributed by atoms with Gasteiger partial charge in [-0.1, -0.05) is 51.8 Å². The van der Waals surface area contributed by atoms with Crippen LogP contribution >= 0.6 is 31.9 Å². The number of cyclic esters (lactones) is 1. The standard InChI is InChI=1S/C24H15Br2NO4/c1-14-6-5-9-16(10-14)23(28)30-21-17(11-18(25)13-19(21)26)12-20-24(29)31-22(27-20)15-7-3-2-4-8-15/h2-13H,1H3/b20-12-. The number of hydrogen-bond acceptors (Lipinski definition) is 5. The molecule has 3 aromatic rings. The smallest absolute Gasteiger partial charge is 0.363 e. The highest BCUT2D eigenvalue weighted by atomic mass is 79.9. The molecule has 0 N–H and O–H groups in total. The summed E-state index contributed by atoms with van der Waals surface area (Å²) in [6.45, 7) is 1.90. The van der Waals surface area contributed by atoms with Crippen LogP contribution in [-0.2, 0) is 9.53 Å². The van der Waals surface area contributed by atoms with Gasteiger partial charge in [0.15, 0.2) is 11.4 Å². The van der Waals surface area contributed by atoms with Crippen LogP contribution in [0.25, 0.3) is 6.08 Å². The molecular formula is C24H15Br2NO4. The van der Waals surface area contributed by atoms with Gasteiger partial charge in [0, 0.05) is 15.6 Å². The van der Waals surface area contributed by atoms with Crippen molar-refractivity contribution in [1.29, 1.82) is 0 Å². The average molecular weight is 541 g/mol. The van der Waals surface area contributed by atoms with E-state index in [2.05, 4.69) is 36.9 Å². The van der Waals surface area contributed by atoms with E-state index in [1.807, 2.05) is 31.2 Å². The lowest BCUT2D eigenvalue weighted by Gasteiger charge is -2.11. The maximum absolute atomic E-state index is 12.7. The van der Waals surface area contributed by atoms with Crippen LogP contribution in [-0.4, -0.2) is 17.8 Å². The Morgan fingerprint density at radius 2 is 1.81 bits per heavy atom. The molecule has 0 fully saturated rings. The minimum absolute atomic E-state index is 0.108. The second kappa shape index (κ2) is 8.99. The lowest BCUT2D eigenvalue weighted by molar-refractivity contribution is -0.129. The summed E-state index contributed by atoms with van der Waals surface area (Å²) >= 11 is 6.87. The maximum Gasteiger partial charge on any atom is 0.363 e. The Bertz CT molecular complexity index is 1250. The first-order valence-corrected chi connectivity index (χ1v) is 10.9. The molecule has 0 aliphatic carbocycles. The van der Waals surface area contributed by atoms with Crippen molar-refractivity contribution in [2.45, 2.75) is 6.92 Å². The van der Waals surface area contributed by atoms with Gasteiger partial charge in [-0.15, -0.1) is 0 Å². The molecule has 31 heavy (non-hydrogen) atoms. The van der Waals surface area contributed by atoms with Crippen molar-refractivity contribution in [3.05, 3.63) is 104 Å². The van der Waals surface area contributed by atoms with E-state index in [9.17, 15) is 9.59 Å². The fourth-order valence-corrected chi connectivity index (χ4v) is 4.32. The fourth-order valence-electron chi connectivity index (χ4n) is 2.98. The quantitative estimate of drug-likeness (QED) is 0.228. The summed E-state index contributed by atoms with van der Waals surface area (Å²) in [7, 11) is 0. The SMILES string of the molecule is Cc1cccc(C(=O)Oc2c(Br)cc(Br)cc2/C=C2\N=C(c3ccccc3)OC2=O)c1. The highest BCUT2D eigenvalue weighted by molar-refractivity contribution is 9.11. The van der Waals surface area contributed by atoms with Crippen LogP contribution in [0.4, 0.5) is 0 Å². The monoisotopic (exact) mass is 539 g/mol. The van der Waals surface area contributed by atoms with E-state index < -0.39 is 11.9 Å². The minimum atomic E-state index is -0.578. The van der Waals surface area contributed by atoms with Gasteiger partial charge in [-0.05, 0) is 65.3 Å². The average Bonchev–Trinajstić information content (AvgIpc) is 3.11. The van der Waals surface area contributed by atoms with Gasteiger partial charge < -0.3 is 9.47 Å². The van der Waals surface area contributed by atoms with Crippen LogP contribution < -0.4 is 4.74 Å². The Morgan fingerprint density at radius 1 is 1.03 bits per heavy atom. The third-order valence-corrected chi connectivity index (χ3v) is 5.47. The van der Waals surface area contributed by atoms with Crippen molar-refractivity contribution in [3.8, 4) is 5.75 Å². The molecule has 1 heterocycles. The van der Waals surface area contributed by atoms with Crippen LogP contribution in [0, 0.1) is 6.92 Å². The summed E-state index contributed by atoms with van der Waals surface area (Å²) in [4.78, 5) is 29.4. The van der Waals surface area contributed by atoms with Gasteiger partial charge in [0.05, 0.1) is 10.0 Å². The van der Waals surface area contributed by atoms with Crippen molar-refractivity contribution in [2.24, 2.45) is 4.99 Å². The summed E-state index contributed by atoms with van der Waals surface area (Å²) in [6.07, 6.45) is 1.53. The Morgan fingerprint density at radius 3 is 2.55 bits per heavy atom. The van der Waals surface area contributed by atoms with Gasteiger partial charge in [0.25, 0.3) is 0 Å². The van der Waals surface area contributed by atoms with Crippen molar-refractivity contribution >= 4 is 55.8 Å². The van der Waals surface area contributed by atoms with E-state index >= 15 is 0 Å². The van der Waals surface area contributed by atoms with Gasteiger partial charge >= 0.3 is 11.9 Å². The molecule has 1 aliphatic rings. The zero-order valence-electron chi connectivity index (χ0n) is 16.3. The Hall–Kier alpha value is -3.03. The summed E-state index contributed by atoms with van der Waals surface area (Å²) in [5.41, 5.74) is 2.67. The highest BCUT2D eigenvalue weighted by Gasteiger charge is 2.25. The van der Waals surface area contributed by atoms with Crippen molar-refractivity contribution in [2.75, 3.05) is 0 Å². The van der Waals surface area contributed by atoms with Gasteiger partial charge in [-0.25, -0.2) is 14.6 Å². The molecular weight excluding hydrogens is 526 g/mol. The number of rotatable bonds is 4. The van der Waals surface area contributed by atoms with Crippen molar-refractivity contribution < 1.29 is 19.1 Å². The lowest BCUT2D eigenvalue weighted by atomic mass is 10.1. The van der Waals surface area contributed by atoms with Crippen molar-refractivity contribution in [3.63, 3.8) is 0 Å². The van der Waals surface area contributed by atoms with E-state index in [0.29, 0.717) is 21.2 Å². The Kier molecular flexibility index (Phi) is 6.15. The number of benzene rings is 3. The highest BCUT2D eigenvalue weighted by Crippen LogP contribution is 2.35. The molecule has 0 aromatic heterocycles. The predicted molar refractivity (Wildman–Crippen MR) is 125 cm³/mol. The lowest BCUT2D eigenvalue weighted by Crippen LogP contribution is -2.10. The van der Waals surface area contributed by atoms with Crippen LogP contribution in [0.15, 0.2) is 86.4 Å². The third-order valence-electron chi connectivity index (χ3n) is 4.42. The van der Waals surface area contributed by atoms with Gasteiger partial charge in [0.1, 0.15) is 0 Å². The molecule has 0 radical (unpaired) electrons. The maximum atomic E-state index is 12.7. The van der Waals surface area contributed by atoms with Gasteiger partial charge in [-0.2, -0.15) is 0 Å². The number of carbonyl (C=O) groups is 2. The Balaban J connectivity index is 1.71. The number of nitrogens with zero attached hydrogens (tertiary/aromatic N) is 1. The minimum Gasteiger partial charge on any atom is -0.421 e. The molecule has 0 saturated carbocycles. The zero-order valence-corrected chi connectivity index (χ0v) is 19.4. The fraction of sp³-hybridized carbons (Fsp3) is 0.0417.